The summed E-state index contributed by atoms with van der Waals surface area (Å²) in [6.07, 6.45) is 0. The second-order valence-electron chi connectivity index (χ2n) is 5.83. The summed E-state index contributed by atoms with van der Waals surface area (Å²) in [5.41, 5.74) is 2.69. The summed E-state index contributed by atoms with van der Waals surface area (Å²) in [5, 5.41) is 7.27. The standard InChI is InChI=1S/C18H21N3O4S/c1-4-25-15(23)9-21-18-16(11(2)20-21)17(26-10-14(22)19-18)12-6-5-7-13(8-12)24-3/h5-8,17H,4,9-10H2,1-3H3,(H,19,22). The third-order valence-electron chi connectivity index (χ3n) is 4.06. The summed E-state index contributed by atoms with van der Waals surface area (Å²) in [7, 11) is 1.62. The molecule has 0 fully saturated rings. The fourth-order valence-corrected chi connectivity index (χ4v) is 4.14. The highest BCUT2D eigenvalue weighted by molar-refractivity contribution is 8.00. The molecule has 138 valence electrons. The van der Waals surface area contributed by atoms with Crippen LogP contribution in [-0.4, -0.2) is 41.1 Å². The van der Waals surface area contributed by atoms with Crippen molar-refractivity contribution in [1.29, 1.82) is 0 Å². The molecule has 1 atom stereocenters. The molecule has 1 N–H and O–H groups in total. The van der Waals surface area contributed by atoms with Gasteiger partial charge in [0.1, 0.15) is 18.1 Å². The lowest BCUT2D eigenvalue weighted by atomic mass is 10.0. The number of carbonyl (C=O) groups is 2. The number of nitrogens with zero attached hydrogens (tertiary/aromatic N) is 2. The number of esters is 1. The number of anilines is 1. The first-order valence-corrected chi connectivity index (χ1v) is 9.36. The van der Waals surface area contributed by atoms with E-state index in [0.717, 1.165) is 22.6 Å². The van der Waals surface area contributed by atoms with Gasteiger partial charge in [-0.2, -0.15) is 5.10 Å². The van der Waals surface area contributed by atoms with Gasteiger partial charge in [0.05, 0.1) is 30.4 Å². The molecule has 1 unspecified atom stereocenters. The molecule has 2 aromatic rings. The molecule has 7 nitrogen and oxygen atoms in total. The minimum absolute atomic E-state index is 0.0419. The zero-order chi connectivity index (χ0) is 18.7. The normalized spacial score (nSPS) is 16.4. The summed E-state index contributed by atoms with van der Waals surface area (Å²) < 4.78 is 11.9. The number of hydrogen-bond donors (Lipinski definition) is 1. The van der Waals surface area contributed by atoms with Crippen molar-refractivity contribution < 1.29 is 19.1 Å². The molecule has 0 bridgehead atoms. The van der Waals surface area contributed by atoms with Crippen LogP contribution in [0, 0.1) is 6.92 Å². The van der Waals surface area contributed by atoms with Gasteiger partial charge in [-0.05, 0) is 31.5 Å². The van der Waals surface area contributed by atoms with Gasteiger partial charge in [-0.3, -0.25) is 9.59 Å². The molecular formula is C18H21N3O4S. The number of hydrogen-bond acceptors (Lipinski definition) is 6. The van der Waals surface area contributed by atoms with E-state index in [1.165, 1.54) is 16.4 Å². The second-order valence-corrected chi connectivity index (χ2v) is 6.92. The SMILES string of the molecule is CCOC(=O)Cn1nc(C)c2c1NC(=O)CSC2c1cccc(OC)c1. The van der Waals surface area contributed by atoms with Crippen LogP contribution in [0.15, 0.2) is 24.3 Å². The van der Waals surface area contributed by atoms with E-state index in [0.29, 0.717) is 18.2 Å². The number of carbonyl (C=O) groups excluding carboxylic acids is 2. The van der Waals surface area contributed by atoms with E-state index in [4.69, 9.17) is 9.47 Å². The van der Waals surface area contributed by atoms with Crippen molar-refractivity contribution in [3.8, 4) is 5.75 Å². The van der Waals surface area contributed by atoms with Crippen LogP contribution in [0.25, 0.3) is 0 Å². The predicted molar refractivity (Wildman–Crippen MR) is 99.5 cm³/mol. The molecule has 0 radical (unpaired) electrons. The lowest BCUT2D eigenvalue weighted by molar-refractivity contribution is -0.144. The quantitative estimate of drug-likeness (QED) is 0.809. The summed E-state index contributed by atoms with van der Waals surface area (Å²) >= 11 is 1.53. The van der Waals surface area contributed by atoms with Crippen molar-refractivity contribution >= 4 is 29.5 Å². The van der Waals surface area contributed by atoms with E-state index < -0.39 is 0 Å². The molecule has 1 aromatic heterocycles. The fraction of sp³-hybridized carbons (Fsp3) is 0.389. The van der Waals surface area contributed by atoms with Crippen molar-refractivity contribution in [2.24, 2.45) is 0 Å². The summed E-state index contributed by atoms with van der Waals surface area (Å²) in [4.78, 5) is 24.1. The molecule has 2 heterocycles. The van der Waals surface area contributed by atoms with Crippen LogP contribution in [0.2, 0.25) is 0 Å². The van der Waals surface area contributed by atoms with Gasteiger partial charge in [-0.1, -0.05) is 12.1 Å². The minimum Gasteiger partial charge on any atom is -0.497 e. The van der Waals surface area contributed by atoms with Crippen molar-refractivity contribution in [2.45, 2.75) is 25.6 Å². The molecule has 1 aliphatic heterocycles. The largest absolute Gasteiger partial charge is 0.497 e. The second kappa shape index (κ2) is 7.82. The van der Waals surface area contributed by atoms with Crippen LogP contribution in [0.1, 0.15) is 29.0 Å². The number of benzene rings is 1. The van der Waals surface area contributed by atoms with Crippen LogP contribution < -0.4 is 10.1 Å². The number of rotatable bonds is 5. The molecule has 0 saturated heterocycles. The number of thioether (sulfide) groups is 1. The average Bonchev–Trinajstić information content (AvgIpc) is 2.80. The Morgan fingerprint density at radius 3 is 3.00 bits per heavy atom. The van der Waals surface area contributed by atoms with E-state index >= 15 is 0 Å². The van der Waals surface area contributed by atoms with Gasteiger partial charge in [0.25, 0.3) is 0 Å². The Kier molecular flexibility index (Phi) is 5.51. The number of aromatic nitrogens is 2. The zero-order valence-corrected chi connectivity index (χ0v) is 15.8. The molecule has 8 heteroatoms. The van der Waals surface area contributed by atoms with Crippen LogP contribution in [-0.2, 0) is 20.9 Å². The molecule has 0 saturated carbocycles. The Labute approximate surface area is 156 Å². The van der Waals surface area contributed by atoms with E-state index in [1.807, 2.05) is 31.2 Å². The fourth-order valence-electron chi connectivity index (χ4n) is 2.96. The Balaban J connectivity index is 2.04. The number of methoxy groups -OCH3 is 1. The van der Waals surface area contributed by atoms with Gasteiger partial charge >= 0.3 is 5.97 Å². The first-order chi connectivity index (χ1) is 12.5. The predicted octanol–water partition coefficient (Wildman–Crippen LogP) is 2.54. The number of fused-ring (bicyclic) bond motifs is 1. The highest BCUT2D eigenvalue weighted by atomic mass is 32.2. The molecular weight excluding hydrogens is 354 g/mol. The lowest BCUT2D eigenvalue weighted by Gasteiger charge is -2.16. The van der Waals surface area contributed by atoms with Crippen molar-refractivity contribution in [3.63, 3.8) is 0 Å². The van der Waals surface area contributed by atoms with Crippen LogP contribution in [0.5, 0.6) is 5.75 Å². The first-order valence-electron chi connectivity index (χ1n) is 8.31. The number of amides is 1. The smallest absolute Gasteiger partial charge is 0.327 e. The maximum atomic E-state index is 12.2. The molecule has 3 rings (SSSR count). The Bertz CT molecular complexity index is 834. The van der Waals surface area contributed by atoms with Crippen molar-refractivity contribution in [2.75, 3.05) is 24.8 Å². The lowest BCUT2D eigenvalue weighted by Crippen LogP contribution is -2.20. The molecule has 0 aliphatic carbocycles. The minimum atomic E-state index is -0.387. The van der Waals surface area contributed by atoms with Gasteiger partial charge in [0, 0.05) is 5.56 Å². The molecule has 1 aromatic carbocycles. The monoisotopic (exact) mass is 375 g/mol. The zero-order valence-electron chi connectivity index (χ0n) is 14.9. The molecule has 1 amide bonds. The molecule has 0 spiro atoms. The summed E-state index contributed by atoms with van der Waals surface area (Å²) in [5.74, 6) is 1.12. The van der Waals surface area contributed by atoms with E-state index in [1.54, 1.807) is 14.0 Å². The molecule has 26 heavy (non-hydrogen) atoms. The van der Waals surface area contributed by atoms with E-state index in [9.17, 15) is 9.59 Å². The highest BCUT2D eigenvalue weighted by Gasteiger charge is 2.30. The number of aryl methyl sites for hydroxylation is 1. The van der Waals surface area contributed by atoms with E-state index in [2.05, 4.69) is 10.4 Å². The van der Waals surface area contributed by atoms with Crippen LogP contribution in [0.4, 0.5) is 5.82 Å². The van der Waals surface area contributed by atoms with Gasteiger partial charge < -0.3 is 14.8 Å². The Hall–Kier alpha value is -2.48. The Morgan fingerprint density at radius 1 is 1.46 bits per heavy atom. The molecule has 1 aliphatic rings. The summed E-state index contributed by atoms with van der Waals surface area (Å²) in [6.45, 7) is 3.89. The number of nitrogens with one attached hydrogen (secondary N) is 1. The van der Waals surface area contributed by atoms with Crippen molar-refractivity contribution in [1.82, 2.24) is 9.78 Å². The average molecular weight is 375 g/mol. The van der Waals surface area contributed by atoms with E-state index in [-0.39, 0.29) is 23.7 Å². The maximum absolute atomic E-state index is 12.2. The van der Waals surface area contributed by atoms with Crippen LogP contribution >= 0.6 is 11.8 Å². The summed E-state index contributed by atoms with van der Waals surface area (Å²) in [6, 6.07) is 7.76. The topological polar surface area (TPSA) is 82.5 Å². The van der Waals surface area contributed by atoms with Crippen LogP contribution in [0.3, 0.4) is 0 Å². The highest BCUT2D eigenvalue weighted by Crippen LogP contribution is 2.43. The van der Waals surface area contributed by atoms with Gasteiger partial charge in [0.15, 0.2) is 0 Å². The third-order valence-corrected chi connectivity index (χ3v) is 5.33. The van der Waals surface area contributed by atoms with Gasteiger partial charge in [0.2, 0.25) is 5.91 Å². The van der Waals surface area contributed by atoms with Gasteiger partial charge in [-0.15, -0.1) is 11.8 Å². The van der Waals surface area contributed by atoms with Gasteiger partial charge in [-0.25, -0.2) is 4.68 Å². The van der Waals surface area contributed by atoms with Crippen molar-refractivity contribution in [3.05, 3.63) is 41.1 Å². The first kappa shape index (κ1) is 18.3. The maximum Gasteiger partial charge on any atom is 0.327 e. The Morgan fingerprint density at radius 2 is 2.27 bits per heavy atom. The number of ether oxygens (including phenoxy) is 2. The third kappa shape index (κ3) is 3.70.